The van der Waals surface area contributed by atoms with Gasteiger partial charge in [0.15, 0.2) is 0 Å². The molecule has 2 saturated carbocycles. The van der Waals surface area contributed by atoms with Crippen LogP contribution in [0.4, 0.5) is 5.00 Å². The third-order valence-corrected chi connectivity index (χ3v) is 6.20. The number of carbonyl (C=O) groups excluding carboxylic acids is 1. The normalized spacial score (nSPS) is 28.5. The van der Waals surface area contributed by atoms with Gasteiger partial charge in [-0.3, -0.25) is 4.79 Å². The van der Waals surface area contributed by atoms with Crippen LogP contribution in [0.25, 0.3) is 10.1 Å². The Morgan fingerprint density at radius 1 is 1.10 bits per heavy atom. The molecule has 1 N–H and O–H groups in total. The van der Waals surface area contributed by atoms with E-state index >= 15 is 0 Å². The van der Waals surface area contributed by atoms with E-state index in [1.807, 2.05) is 12.1 Å². The fourth-order valence-electron chi connectivity index (χ4n) is 4.21. The van der Waals surface area contributed by atoms with Crippen molar-refractivity contribution in [3.63, 3.8) is 0 Å². The van der Waals surface area contributed by atoms with Gasteiger partial charge in [0.1, 0.15) is 0 Å². The van der Waals surface area contributed by atoms with Crippen LogP contribution in [-0.4, -0.2) is 5.91 Å². The first-order chi connectivity index (χ1) is 10.3. The van der Waals surface area contributed by atoms with E-state index in [2.05, 4.69) is 23.5 Å². The van der Waals surface area contributed by atoms with E-state index in [0.717, 1.165) is 29.7 Å². The molecule has 2 atom stereocenters. The van der Waals surface area contributed by atoms with Gasteiger partial charge in [-0.1, -0.05) is 37.5 Å². The Morgan fingerprint density at radius 3 is 2.62 bits per heavy atom. The van der Waals surface area contributed by atoms with Gasteiger partial charge in [0.25, 0.3) is 0 Å². The summed E-state index contributed by atoms with van der Waals surface area (Å²) in [4.78, 5) is 12.6. The highest BCUT2D eigenvalue weighted by molar-refractivity contribution is 7.22. The minimum atomic E-state index is 0.235. The molecular weight excluding hydrogens is 278 g/mol. The number of thiophene rings is 1. The van der Waals surface area contributed by atoms with Crippen LogP contribution in [0, 0.1) is 17.8 Å². The lowest BCUT2D eigenvalue weighted by atomic mass is 9.68. The van der Waals surface area contributed by atoms with E-state index in [9.17, 15) is 4.79 Å². The van der Waals surface area contributed by atoms with Crippen molar-refractivity contribution in [1.82, 2.24) is 0 Å². The molecule has 1 aromatic carbocycles. The smallest absolute Gasteiger partial charge is 0.228 e. The van der Waals surface area contributed by atoms with Gasteiger partial charge >= 0.3 is 0 Å². The first-order valence-electron chi connectivity index (χ1n) is 8.07. The Labute approximate surface area is 129 Å². The van der Waals surface area contributed by atoms with E-state index in [-0.39, 0.29) is 11.8 Å². The maximum absolute atomic E-state index is 12.6. The minimum absolute atomic E-state index is 0.235. The van der Waals surface area contributed by atoms with E-state index in [4.69, 9.17) is 0 Å². The summed E-state index contributed by atoms with van der Waals surface area (Å²) in [5.41, 5.74) is 0. The number of hydrogen-bond acceptors (Lipinski definition) is 2. The maximum Gasteiger partial charge on any atom is 0.228 e. The summed E-state index contributed by atoms with van der Waals surface area (Å²) >= 11 is 1.68. The van der Waals surface area contributed by atoms with Gasteiger partial charge in [-0.2, -0.15) is 0 Å². The van der Waals surface area contributed by atoms with Crippen LogP contribution in [0.1, 0.15) is 38.5 Å². The number of benzene rings is 1. The molecule has 1 amide bonds. The molecule has 2 aliphatic carbocycles. The first kappa shape index (κ1) is 13.3. The highest BCUT2D eigenvalue weighted by atomic mass is 32.1. The van der Waals surface area contributed by atoms with Crippen molar-refractivity contribution in [1.29, 1.82) is 0 Å². The summed E-state index contributed by atoms with van der Waals surface area (Å²) in [6.07, 6.45) is 7.62. The number of amides is 1. The van der Waals surface area contributed by atoms with Crippen LogP contribution >= 0.6 is 11.3 Å². The molecule has 0 spiro atoms. The summed E-state index contributed by atoms with van der Waals surface area (Å²) in [7, 11) is 0. The first-order valence-corrected chi connectivity index (χ1v) is 8.89. The van der Waals surface area contributed by atoms with Gasteiger partial charge in [-0.25, -0.2) is 0 Å². The maximum atomic E-state index is 12.6. The molecule has 110 valence electrons. The summed E-state index contributed by atoms with van der Waals surface area (Å²) in [5.74, 6) is 2.09. The fourth-order valence-corrected chi connectivity index (χ4v) is 5.18. The van der Waals surface area contributed by atoms with Crippen molar-refractivity contribution in [2.24, 2.45) is 17.8 Å². The zero-order valence-corrected chi connectivity index (χ0v) is 13.0. The summed E-state index contributed by atoms with van der Waals surface area (Å²) in [6.45, 7) is 0. The summed E-state index contributed by atoms with van der Waals surface area (Å²) in [5, 5.41) is 5.39. The Morgan fingerprint density at radius 2 is 1.86 bits per heavy atom. The number of anilines is 1. The number of carbonyl (C=O) groups is 1. The van der Waals surface area contributed by atoms with Crippen molar-refractivity contribution < 1.29 is 4.79 Å². The quantitative estimate of drug-likeness (QED) is 0.825. The van der Waals surface area contributed by atoms with Gasteiger partial charge in [-0.15, -0.1) is 11.3 Å². The molecule has 2 aliphatic rings. The lowest BCUT2D eigenvalue weighted by Crippen LogP contribution is -2.33. The Bertz CT molecular complexity index is 617. The van der Waals surface area contributed by atoms with Crippen LogP contribution < -0.4 is 5.32 Å². The Balaban J connectivity index is 1.47. The van der Waals surface area contributed by atoms with Crippen LogP contribution in [-0.2, 0) is 4.79 Å². The standard InChI is InChI=1S/C18H21NOS/c20-18(15-9-12-4-3-5-13(8-12)10-15)19-17-11-14-6-1-2-7-16(14)21-17/h1-2,6-7,11-13,15H,3-5,8-10H2,(H,19,20). The summed E-state index contributed by atoms with van der Waals surface area (Å²) in [6, 6.07) is 10.4. The van der Waals surface area contributed by atoms with Crippen LogP contribution in [0.5, 0.6) is 0 Å². The number of nitrogens with one attached hydrogen (secondary N) is 1. The predicted octanol–water partition coefficient (Wildman–Crippen LogP) is 5.06. The van der Waals surface area contributed by atoms with E-state index in [0.29, 0.717) is 0 Å². The van der Waals surface area contributed by atoms with E-state index in [1.54, 1.807) is 11.3 Å². The Kier molecular flexibility index (Phi) is 3.46. The minimum Gasteiger partial charge on any atom is -0.317 e. The Hall–Kier alpha value is -1.35. The highest BCUT2D eigenvalue weighted by Gasteiger charge is 2.35. The monoisotopic (exact) mass is 299 g/mol. The van der Waals surface area contributed by atoms with E-state index in [1.165, 1.54) is 35.8 Å². The van der Waals surface area contributed by atoms with Crippen molar-refractivity contribution in [3.05, 3.63) is 30.3 Å². The lowest BCUT2D eigenvalue weighted by molar-refractivity contribution is -0.122. The molecule has 2 bridgehead atoms. The molecule has 2 fully saturated rings. The third-order valence-electron chi connectivity index (χ3n) is 5.17. The molecule has 0 saturated heterocycles. The number of hydrogen-bond donors (Lipinski definition) is 1. The molecule has 0 radical (unpaired) electrons. The lowest BCUT2D eigenvalue weighted by Gasteiger charge is -2.38. The average Bonchev–Trinajstić information content (AvgIpc) is 2.89. The van der Waals surface area contributed by atoms with Gasteiger partial charge in [0.2, 0.25) is 5.91 Å². The second-order valence-corrected chi connectivity index (χ2v) is 7.79. The van der Waals surface area contributed by atoms with Gasteiger partial charge in [-0.05, 0) is 48.6 Å². The second-order valence-electron chi connectivity index (χ2n) is 6.70. The van der Waals surface area contributed by atoms with Crippen LogP contribution in [0.3, 0.4) is 0 Å². The largest absolute Gasteiger partial charge is 0.317 e. The van der Waals surface area contributed by atoms with Crippen molar-refractivity contribution in [2.45, 2.75) is 38.5 Å². The average molecular weight is 299 g/mol. The topological polar surface area (TPSA) is 29.1 Å². The second kappa shape index (κ2) is 5.45. The fraction of sp³-hybridized carbons (Fsp3) is 0.500. The molecule has 4 rings (SSSR count). The van der Waals surface area contributed by atoms with Crippen LogP contribution in [0.15, 0.2) is 30.3 Å². The summed E-state index contributed by atoms with van der Waals surface area (Å²) < 4.78 is 1.24. The van der Waals surface area contributed by atoms with Gasteiger partial charge in [0, 0.05) is 10.6 Å². The molecule has 3 heteroatoms. The SMILES string of the molecule is O=C(Nc1cc2ccccc2s1)C1CC2CCCC(C2)C1. The molecule has 21 heavy (non-hydrogen) atoms. The van der Waals surface area contributed by atoms with Crippen molar-refractivity contribution in [2.75, 3.05) is 5.32 Å². The van der Waals surface area contributed by atoms with Crippen molar-refractivity contribution >= 4 is 32.3 Å². The highest BCUT2D eigenvalue weighted by Crippen LogP contribution is 2.43. The third kappa shape index (κ3) is 2.71. The van der Waals surface area contributed by atoms with Gasteiger partial charge < -0.3 is 5.32 Å². The number of fused-ring (bicyclic) bond motifs is 3. The predicted molar refractivity (Wildman–Crippen MR) is 88.6 cm³/mol. The molecule has 2 unspecified atom stereocenters. The molecule has 2 aromatic rings. The zero-order valence-electron chi connectivity index (χ0n) is 12.2. The molecular formula is C18H21NOS. The van der Waals surface area contributed by atoms with Gasteiger partial charge in [0.05, 0.1) is 5.00 Å². The molecule has 2 nitrogen and oxygen atoms in total. The van der Waals surface area contributed by atoms with E-state index < -0.39 is 0 Å². The number of rotatable bonds is 2. The molecule has 0 aliphatic heterocycles. The molecule has 1 aromatic heterocycles. The molecule has 1 heterocycles. The van der Waals surface area contributed by atoms with Crippen LogP contribution in [0.2, 0.25) is 0 Å². The van der Waals surface area contributed by atoms with Crippen molar-refractivity contribution in [3.8, 4) is 0 Å². The zero-order chi connectivity index (χ0) is 14.2.